The average Bonchev–Trinajstić information content (AvgIpc) is 2.46. The molecule has 0 spiro atoms. The van der Waals surface area contributed by atoms with Crippen LogP contribution in [0.25, 0.3) is 0 Å². The lowest BCUT2D eigenvalue weighted by Crippen LogP contribution is -2.46. The van der Waals surface area contributed by atoms with Crippen molar-refractivity contribution in [3.05, 3.63) is 30.3 Å². The third kappa shape index (κ3) is 4.51. The summed E-state index contributed by atoms with van der Waals surface area (Å²) in [4.78, 5) is 2.54. The van der Waals surface area contributed by atoms with E-state index in [-0.39, 0.29) is 0 Å². The third-order valence-corrected chi connectivity index (χ3v) is 3.97. The molecule has 3 nitrogen and oxygen atoms in total. The molecule has 0 amide bonds. The van der Waals surface area contributed by atoms with E-state index in [1.54, 1.807) is 0 Å². The van der Waals surface area contributed by atoms with Crippen molar-refractivity contribution in [2.75, 3.05) is 26.2 Å². The Hall–Kier alpha value is -1.06. The fraction of sp³-hybridized carbons (Fsp3) is 0.625. The number of hydrogen-bond donors (Lipinski definition) is 1. The molecule has 1 aliphatic rings. The Morgan fingerprint density at radius 1 is 1.32 bits per heavy atom. The normalized spacial score (nSPS) is 24.3. The van der Waals surface area contributed by atoms with Gasteiger partial charge >= 0.3 is 0 Å². The van der Waals surface area contributed by atoms with E-state index in [1.807, 2.05) is 30.3 Å². The summed E-state index contributed by atoms with van der Waals surface area (Å²) in [5, 5.41) is 0. The van der Waals surface area contributed by atoms with Crippen LogP contribution >= 0.6 is 0 Å². The monoisotopic (exact) mass is 262 g/mol. The molecule has 106 valence electrons. The van der Waals surface area contributed by atoms with Crippen LogP contribution < -0.4 is 10.5 Å². The number of piperidine rings is 1. The topological polar surface area (TPSA) is 38.5 Å². The zero-order valence-electron chi connectivity index (χ0n) is 11.9. The predicted molar refractivity (Wildman–Crippen MR) is 79.4 cm³/mol. The smallest absolute Gasteiger partial charge is 0.119 e. The quantitative estimate of drug-likeness (QED) is 0.801. The van der Waals surface area contributed by atoms with Crippen LogP contribution in [-0.2, 0) is 0 Å². The lowest BCUT2D eigenvalue weighted by molar-refractivity contribution is 0.115. The average molecular weight is 262 g/mol. The molecule has 2 rings (SSSR count). The summed E-state index contributed by atoms with van der Waals surface area (Å²) < 4.78 is 5.73. The highest BCUT2D eigenvalue weighted by Crippen LogP contribution is 2.21. The maximum absolute atomic E-state index is 5.88. The Balaban J connectivity index is 1.67. The zero-order valence-corrected chi connectivity index (χ0v) is 11.9. The van der Waals surface area contributed by atoms with E-state index in [4.69, 9.17) is 10.5 Å². The molecule has 1 aromatic rings. The molecule has 1 aromatic carbocycles. The van der Waals surface area contributed by atoms with Crippen molar-refractivity contribution in [3.8, 4) is 5.75 Å². The van der Waals surface area contributed by atoms with Crippen molar-refractivity contribution < 1.29 is 4.74 Å². The molecule has 0 radical (unpaired) electrons. The number of benzene rings is 1. The van der Waals surface area contributed by atoms with E-state index in [1.165, 1.54) is 19.4 Å². The van der Waals surface area contributed by atoms with E-state index in [0.29, 0.717) is 6.04 Å². The van der Waals surface area contributed by atoms with Gasteiger partial charge in [-0.2, -0.15) is 0 Å². The SMILES string of the molecule is CC1CCN(CCCOc2ccccc2)C(CN)C1. The van der Waals surface area contributed by atoms with Gasteiger partial charge in [-0.15, -0.1) is 0 Å². The van der Waals surface area contributed by atoms with Crippen LogP contribution in [-0.4, -0.2) is 37.2 Å². The first-order valence-electron chi connectivity index (χ1n) is 7.41. The maximum Gasteiger partial charge on any atom is 0.119 e. The standard InChI is InChI=1S/C16H26N2O/c1-14-8-10-18(15(12-14)13-17)9-5-11-19-16-6-3-2-4-7-16/h2-4,6-7,14-15H,5,8-13,17H2,1H3. The minimum Gasteiger partial charge on any atom is -0.494 e. The summed E-state index contributed by atoms with van der Waals surface area (Å²) in [5.41, 5.74) is 5.88. The molecule has 1 fully saturated rings. The molecule has 19 heavy (non-hydrogen) atoms. The molecule has 1 heterocycles. The molecule has 0 aromatic heterocycles. The highest BCUT2D eigenvalue weighted by atomic mass is 16.5. The van der Waals surface area contributed by atoms with Crippen molar-refractivity contribution >= 4 is 0 Å². The van der Waals surface area contributed by atoms with Crippen molar-refractivity contribution in [2.45, 2.75) is 32.2 Å². The van der Waals surface area contributed by atoms with Gasteiger partial charge in [0.05, 0.1) is 6.61 Å². The van der Waals surface area contributed by atoms with Crippen molar-refractivity contribution in [3.63, 3.8) is 0 Å². The largest absolute Gasteiger partial charge is 0.494 e. The lowest BCUT2D eigenvalue weighted by atomic mass is 9.92. The molecule has 2 N–H and O–H groups in total. The van der Waals surface area contributed by atoms with E-state index >= 15 is 0 Å². The summed E-state index contributed by atoms with van der Waals surface area (Å²) in [5.74, 6) is 1.79. The summed E-state index contributed by atoms with van der Waals surface area (Å²) in [6.45, 7) is 6.19. The first kappa shape index (κ1) is 14.4. The number of nitrogens with two attached hydrogens (primary N) is 1. The molecule has 1 aliphatic heterocycles. The predicted octanol–water partition coefficient (Wildman–Crippen LogP) is 2.51. The van der Waals surface area contributed by atoms with Crippen LogP contribution in [0.1, 0.15) is 26.2 Å². The van der Waals surface area contributed by atoms with Gasteiger partial charge in [0.1, 0.15) is 5.75 Å². The van der Waals surface area contributed by atoms with Crippen LogP contribution in [0.3, 0.4) is 0 Å². The zero-order chi connectivity index (χ0) is 13.5. The van der Waals surface area contributed by atoms with Gasteiger partial charge in [0, 0.05) is 19.1 Å². The first-order chi connectivity index (χ1) is 9.29. The highest BCUT2D eigenvalue weighted by molar-refractivity contribution is 5.20. The number of nitrogens with zero attached hydrogens (tertiary/aromatic N) is 1. The number of ether oxygens (including phenoxy) is 1. The van der Waals surface area contributed by atoms with Crippen LogP contribution in [0, 0.1) is 5.92 Å². The number of para-hydroxylation sites is 1. The number of hydrogen-bond acceptors (Lipinski definition) is 3. The second kappa shape index (κ2) is 7.51. The van der Waals surface area contributed by atoms with Gasteiger partial charge in [0.15, 0.2) is 0 Å². The highest BCUT2D eigenvalue weighted by Gasteiger charge is 2.24. The van der Waals surface area contributed by atoms with Crippen LogP contribution in [0.15, 0.2) is 30.3 Å². The van der Waals surface area contributed by atoms with E-state index in [9.17, 15) is 0 Å². The van der Waals surface area contributed by atoms with Crippen LogP contribution in [0.4, 0.5) is 0 Å². The van der Waals surface area contributed by atoms with Gasteiger partial charge in [-0.05, 0) is 43.9 Å². The van der Waals surface area contributed by atoms with Crippen molar-refractivity contribution in [1.82, 2.24) is 4.90 Å². The van der Waals surface area contributed by atoms with E-state index < -0.39 is 0 Å². The fourth-order valence-electron chi connectivity index (χ4n) is 2.81. The van der Waals surface area contributed by atoms with Crippen molar-refractivity contribution in [2.24, 2.45) is 11.7 Å². The second-order valence-electron chi connectivity index (χ2n) is 5.57. The molecule has 2 unspecified atom stereocenters. The van der Waals surface area contributed by atoms with Gasteiger partial charge in [0.25, 0.3) is 0 Å². The lowest BCUT2D eigenvalue weighted by Gasteiger charge is -2.37. The third-order valence-electron chi connectivity index (χ3n) is 3.97. The first-order valence-corrected chi connectivity index (χ1v) is 7.41. The molecule has 0 saturated carbocycles. The van der Waals surface area contributed by atoms with Gasteiger partial charge in [0.2, 0.25) is 0 Å². The number of likely N-dealkylation sites (tertiary alicyclic amines) is 1. The molecule has 3 heteroatoms. The summed E-state index contributed by atoms with van der Waals surface area (Å²) in [7, 11) is 0. The minimum absolute atomic E-state index is 0.570. The minimum atomic E-state index is 0.570. The molecule has 0 bridgehead atoms. The molecular formula is C16H26N2O. The van der Waals surface area contributed by atoms with Crippen LogP contribution in [0.5, 0.6) is 5.75 Å². The molecule has 1 saturated heterocycles. The molecular weight excluding hydrogens is 236 g/mol. The Bertz CT molecular complexity index is 355. The van der Waals surface area contributed by atoms with Crippen molar-refractivity contribution in [1.29, 1.82) is 0 Å². The Labute approximate surface area is 116 Å². The molecule has 0 aliphatic carbocycles. The molecule has 2 atom stereocenters. The Morgan fingerprint density at radius 2 is 2.11 bits per heavy atom. The maximum atomic E-state index is 5.88. The Kier molecular flexibility index (Phi) is 5.67. The van der Waals surface area contributed by atoms with Gasteiger partial charge < -0.3 is 10.5 Å². The summed E-state index contributed by atoms with van der Waals surface area (Å²) >= 11 is 0. The summed E-state index contributed by atoms with van der Waals surface area (Å²) in [6, 6.07) is 10.6. The fourth-order valence-corrected chi connectivity index (χ4v) is 2.81. The van der Waals surface area contributed by atoms with Gasteiger partial charge in [-0.1, -0.05) is 25.1 Å². The van der Waals surface area contributed by atoms with Crippen LogP contribution in [0.2, 0.25) is 0 Å². The Morgan fingerprint density at radius 3 is 2.84 bits per heavy atom. The summed E-state index contributed by atoms with van der Waals surface area (Å²) in [6.07, 6.45) is 3.62. The van der Waals surface area contributed by atoms with E-state index in [2.05, 4.69) is 11.8 Å². The number of rotatable bonds is 6. The van der Waals surface area contributed by atoms with Gasteiger partial charge in [-0.3, -0.25) is 4.90 Å². The van der Waals surface area contributed by atoms with E-state index in [0.717, 1.165) is 37.8 Å². The van der Waals surface area contributed by atoms with Gasteiger partial charge in [-0.25, -0.2) is 0 Å². The second-order valence-corrected chi connectivity index (χ2v) is 5.57.